The Morgan fingerprint density at radius 3 is 2.40 bits per heavy atom. The number of carbonyl (C=O) groups excluding carboxylic acids is 1. The molecule has 2 fully saturated rings. The highest BCUT2D eigenvalue weighted by Gasteiger charge is 2.47. The molecule has 0 bridgehead atoms. The minimum absolute atomic E-state index is 0.0635. The highest BCUT2D eigenvalue weighted by atomic mass is 16.2. The van der Waals surface area contributed by atoms with Crippen molar-refractivity contribution in [3.63, 3.8) is 0 Å². The highest BCUT2D eigenvalue weighted by Crippen LogP contribution is 2.40. The van der Waals surface area contributed by atoms with Crippen LogP contribution in [0.2, 0.25) is 0 Å². The molecule has 0 aromatic carbocycles. The topological polar surface area (TPSA) is 55.1 Å². The number of nitrogens with two attached hydrogens (primary N) is 1. The van der Waals surface area contributed by atoms with Crippen molar-refractivity contribution in [2.45, 2.75) is 84.2 Å². The monoisotopic (exact) mass is 280 g/mol. The second-order valence-electron chi connectivity index (χ2n) is 7.58. The van der Waals surface area contributed by atoms with Gasteiger partial charge in [0, 0.05) is 23.4 Å². The maximum absolute atomic E-state index is 12.4. The number of nitrogens with one attached hydrogen (secondary N) is 1. The highest BCUT2D eigenvalue weighted by molar-refractivity contribution is 5.79. The van der Waals surface area contributed by atoms with Crippen molar-refractivity contribution in [2.75, 3.05) is 0 Å². The maximum atomic E-state index is 12.4. The predicted octanol–water partition coefficient (Wildman–Crippen LogP) is 3.23. The van der Waals surface area contributed by atoms with Crippen LogP contribution >= 0.6 is 0 Å². The van der Waals surface area contributed by atoms with Gasteiger partial charge in [-0.1, -0.05) is 40.0 Å². The van der Waals surface area contributed by atoms with E-state index in [1.165, 1.54) is 32.1 Å². The van der Waals surface area contributed by atoms with Crippen molar-refractivity contribution < 1.29 is 4.79 Å². The zero-order valence-corrected chi connectivity index (χ0v) is 13.5. The van der Waals surface area contributed by atoms with E-state index in [1.54, 1.807) is 0 Å². The van der Waals surface area contributed by atoms with Gasteiger partial charge in [0.2, 0.25) is 5.91 Å². The van der Waals surface area contributed by atoms with E-state index in [0.717, 1.165) is 25.2 Å². The third kappa shape index (κ3) is 3.36. The van der Waals surface area contributed by atoms with E-state index in [4.69, 9.17) is 5.73 Å². The zero-order chi connectivity index (χ0) is 14.8. The van der Waals surface area contributed by atoms with Crippen LogP contribution < -0.4 is 11.1 Å². The first-order valence-electron chi connectivity index (χ1n) is 8.51. The van der Waals surface area contributed by atoms with E-state index in [1.807, 2.05) is 0 Å². The lowest BCUT2D eigenvalue weighted by atomic mass is 9.63. The summed E-state index contributed by atoms with van der Waals surface area (Å²) >= 11 is 0. The minimum Gasteiger partial charge on any atom is -0.352 e. The molecule has 3 nitrogen and oxygen atoms in total. The van der Waals surface area contributed by atoms with Crippen molar-refractivity contribution in [1.82, 2.24) is 5.32 Å². The fourth-order valence-corrected chi connectivity index (χ4v) is 3.70. The molecule has 2 rings (SSSR count). The normalized spacial score (nSPS) is 36.2. The van der Waals surface area contributed by atoms with Gasteiger partial charge < -0.3 is 11.1 Å². The quantitative estimate of drug-likeness (QED) is 0.812. The number of carbonyl (C=O) groups is 1. The summed E-state index contributed by atoms with van der Waals surface area (Å²) in [6, 6.07) is 0.514. The van der Waals surface area contributed by atoms with Gasteiger partial charge in [-0.3, -0.25) is 4.79 Å². The molecule has 0 saturated heterocycles. The third-order valence-corrected chi connectivity index (χ3v) is 5.84. The van der Waals surface area contributed by atoms with Crippen LogP contribution in [-0.4, -0.2) is 18.0 Å². The summed E-state index contributed by atoms with van der Waals surface area (Å²) in [6.45, 7) is 6.58. The molecule has 1 amide bonds. The predicted molar refractivity (Wildman–Crippen MR) is 83.3 cm³/mol. The molecule has 3 heteroatoms. The second-order valence-corrected chi connectivity index (χ2v) is 7.58. The Hall–Kier alpha value is -0.570. The smallest absolute Gasteiger partial charge is 0.223 e. The molecular weight excluding hydrogens is 248 g/mol. The van der Waals surface area contributed by atoms with Crippen LogP contribution in [0.4, 0.5) is 0 Å². The fourth-order valence-electron chi connectivity index (χ4n) is 3.70. The molecule has 0 spiro atoms. The molecular formula is C17H32N2O. The number of unbranched alkanes of at least 4 members (excludes halogenated alkanes) is 1. The van der Waals surface area contributed by atoms with Gasteiger partial charge in [0.25, 0.3) is 0 Å². The first kappa shape index (κ1) is 15.8. The third-order valence-electron chi connectivity index (χ3n) is 5.84. The van der Waals surface area contributed by atoms with Crippen LogP contribution in [0.5, 0.6) is 0 Å². The van der Waals surface area contributed by atoms with Crippen molar-refractivity contribution >= 4 is 5.91 Å². The lowest BCUT2D eigenvalue weighted by Crippen LogP contribution is -2.65. The van der Waals surface area contributed by atoms with Gasteiger partial charge in [0.15, 0.2) is 0 Å². The summed E-state index contributed by atoms with van der Waals surface area (Å²) in [7, 11) is 0. The first-order chi connectivity index (χ1) is 9.45. The molecule has 0 aromatic heterocycles. The molecule has 3 N–H and O–H groups in total. The van der Waals surface area contributed by atoms with Crippen LogP contribution in [0, 0.1) is 17.3 Å². The molecule has 0 aliphatic heterocycles. The lowest BCUT2D eigenvalue weighted by molar-refractivity contribution is -0.129. The molecule has 2 unspecified atom stereocenters. The van der Waals surface area contributed by atoms with Crippen LogP contribution in [0.25, 0.3) is 0 Å². The van der Waals surface area contributed by atoms with Crippen LogP contribution in [-0.2, 0) is 4.79 Å². The molecule has 0 heterocycles. The van der Waals surface area contributed by atoms with Crippen molar-refractivity contribution in [3.05, 3.63) is 0 Å². The lowest BCUT2D eigenvalue weighted by Gasteiger charge is -2.50. The Morgan fingerprint density at radius 1 is 1.25 bits per heavy atom. The standard InChI is InChI=1S/C17H32N2O/c1-4-5-6-12-7-9-13(10-8-12)16(20)19-15-11-14(18)17(15,2)3/h12-15H,4-11,18H2,1-3H3,(H,19,20). The number of amides is 1. The Labute approximate surface area is 124 Å². The van der Waals surface area contributed by atoms with E-state index in [0.29, 0.717) is 0 Å². The molecule has 2 atom stereocenters. The summed E-state index contributed by atoms with van der Waals surface area (Å²) in [5.41, 5.74) is 6.08. The van der Waals surface area contributed by atoms with E-state index in [9.17, 15) is 4.79 Å². The Kier molecular flexibility index (Phi) is 5.11. The van der Waals surface area contributed by atoms with Crippen LogP contribution in [0.1, 0.15) is 72.1 Å². The largest absolute Gasteiger partial charge is 0.352 e. The number of rotatable bonds is 5. The minimum atomic E-state index is 0.0635. The molecule has 0 radical (unpaired) electrons. The van der Waals surface area contributed by atoms with Gasteiger partial charge in [0.1, 0.15) is 0 Å². The van der Waals surface area contributed by atoms with Gasteiger partial charge >= 0.3 is 0 Å². The summed E-state index contributed by atoms with van der Waals surface area (Å²) < 4.78 is 0. The van der Waals surface area contributed by atoms with E-state index in [2.05, 4.69) is 26.1 Å². The maximum Gasteiger partial charge on any atom is 0.223 e. The summed E-state index contributed by atoms with van der Waals surface area (Å²) in [4.78, 5) is 12.4. The van der Waals surface area contributed by atoms with Crippen molar-refractivity contribution in [1.29, 1.82) is 0 Å². The summed E-state index contributed by atoms with van der Waals surface area (Å²) in [5.74, 6) is 1.40. The SMILES string of the molecule is CCCCC1CCC(C(=O)NC2CC(N)C2(C)C)CC1. The molecule has 2 saturated carbocycles. The molecule has 2 aliphatic rings. The summed E-state index contributed by atoms with van der Waals surface area (Å²) in [6.07, 6.45) is 9.57. The Morgan fingerprint density at radius 2 is 1.90 bits per heavy atom. The molecule has 2 aliphatic carbocycles. The molecule has 116 valence electrons. The fraction of sp³-hybridized carbons (Fsp3) is 0.941. The summed E-state index contributed by atoms with van der Waals surface area (Å²) in [5, 5.41) is 3.25. The van der Waals surface area contributed by atoms with Gasteiger partial charge in [0.05, 0.1) is 0 Å². The van der Waals surface area contributed by atoms with Gasteiger partial charge in [-0.25, -0.2) is 0 Å². The molecule has 20 heavy (non-hydrogen) atoms. The Balaban J connectivity index is 1.73. The average Bonchev–Trinajstić information content (AvgIpc) is 2.45. The molecule has 0 aromatic rings. The van der Waals surface area contributed by atoms with Gasteiger partial charge in [-0.2, -0.15) is 0 Å². The van der Waals surface area contributed by atoms with Gasteiger partial charge in [-0.05, 0) is 38.0 Å². The average molecular weight is 280 g/mol. The van der Waals surface area contributed by atoms with E-state index < -0.39 is 0 Å². The second kappa shape index (κ2) is 6.46. The number of hydrogen-bond donors (Lipinski definition) is 2. The van der Waals surface area contributed by atoms with Gasteiger partial charge in [-0.15, -0.1) is 0 Å². The number of hydrogen-bond acceptors (Lipinski definition) is 2. The Bertz CT molecular complexity index is 332. The van der Waals surface area contributed by atoms with E-state index >= 15 is 0 Å². The van der Waals surface area contributed by atoms with Crippen LogP contribution in [0.15, 0.2) is 0 Å². The first-order valence-corrected chi connectivity index (χ1v) is 8.51. The van der Waals surface area contributed by atoms with Crippen LogP contribution in [0.3, 0.4) is 0 Å². The van der Waals surface area contributed by atoms with E-state index in [-0.39, 0.29) is 29.3 Å². The van der Waals surface area contributed by atoms with Crippen molar-refractivity contribution in [2.24, 2.45) is 23.0 Å². The zero-order valence-electron chi connectivity index (χ0n) is 13.5. The van der Waals surface area contributed by atoms with Crippen molar-refractivity contribution in [3.8, 4) is 0 Å².